The number of hydrogen-bond acceptors (Lipinski definition) is 5. The fourth-order valence-corrected chi connectivity index (χ4v) is 5.58. The van der Waals surface area contributed by atoms with Gasteiger partial charge in [-0.25, -0.2) is 4.39 Å². The van der Waals surface area contributed by atoms with Crippen LogP contribution < -0.4 is 9.75 Å². The van der Waals surface area contributed by atoms with Gasteiger partial charge >= 0.3 is 0 Å². The molecule has 7 heteroatoms. The molecule has 2 saturated carbocycles. The first-order valence-corrected chi connectivity index (χ1v) is 12.5. The summed E-state index contributed by atoms with van der Waals surface area (Å²) in [7, 11) is 0. The van der Waals surface area contributed by atoms with E-state index in [0.717, 1.165) is 37.8 Å². The minimum atomic E-state index is -1.16. The summed E-state index contributed by atoms with van der Waals surface area (Å²) in [6.45, 7) is 3.44. The number of rotatable bonds is 7. The summed E-state index contributed by atoms with van der Waals surface area (Å²) in [5, 5.41) is 17.8. The van der Waals surface area contributed by atoms with Crippen molar-refractivity contribution in [2.45, 2.75) is 88.4 Å². The zero-order valence-corrected chi connectivity index (χ0v) is 19.6. The molecule has 1 saturated heterocycles. The standard InChI is InChI=1S/C26H36FN3O3/c1-24(9-2-10-24)23(31)29-16-13-26(32,14-17-29)18-21-8-15-28-30(21)20-4-6-22(7-5-20)33-19-25(27)11-3-12-25/h4-7,15,21,32H,2-3,8-14,16-19H2,1H3. The number of alkyl halides is 1. The van der Waals surface area contributed by atoms with E-state index in [1.165, 1.54) is 0 Å². The maximum Gasteiger partial charge on any atom is 0.228 e. The topological polar surface area (TPSA) is 65.4 Å². The molecular formula is C26H36FN3O3. The minimum Gasteiger partial charge on any atom is -0.490 e. The average molecular weight is 458 g/mol. The summed E-state index contributed by atoms with van der Waals surface area (Å²) in [6.07, 6.45) is 9.74. The Morgan fingerprint density at radius 1 is 1.12 bits per heavy atom. The summed E-state index contributed by atoms with van der Waals surface area (Å²) in [6, 6.07) is 7.70. The fraction of sp³-hybridized carbons (Fsp3) is 0.692. The van der Waals surface area contributed by atoms with Gasteiger partial charge in [0.2, 0.25) is 5.91 Å². The van der Waals surface area contributed by atoms with E-state index in [1.807, 2.05) is 40.4 Å². The van der Waals surface area contributed by atoms with Gasteiger partial charge in [0.25, 0.3) is 0 Å². The normalized spacial score (nSPS) is 27.1. The zero-order chi connectivity index (χ0) is 23.1. The summed E-state index contributed by atoms with van der Waals surface area (Å²) in [4.78, 5) is 14.8. The van der Waals surface area contributed by atoms with Gasteiger partial charge in [0, 0.05) is 31.1 Å². The average Bonchev–Trinajstić information content (AvgIpc) is 3.22. The SMILES string of the molecule is CC1(C(=O)N2CCC(O)(CC3CC=NN3c3ccc(OCC4(F)CCC4)cc3)CC2)CCC1. The molecule has 2 heterocycles. The summed E-state index contributed by atoms with van der Waals surface area (Å²) < 4.78 is 19.8. The Morgan fingerprint density at radius 3 is 2.36 bits per heavy atom. The Labute approximate surface area is 195 Å². The molecule has 5 rings (SSSR count). The number of hydrazone groups is 1. The quantitative estimate of drug-likeness (QED) is 0.657. The Balaban J connectivity index is 1.15. The molecule has 33 heavy (non-hydrogen) atoms. The monoisotopic (exact) mass is 457 g/mol. The van der Waals surface area contributed by atoms with E-state index in [0.29, 0.717) is 50.9 Å². The number of hydrogen-bond donors (Lipinski definition) is 1. The Bertz CT molecular complexity index is 887. The first-order valence-electron chi connectivity index (χ1n) is 12.5. The van der Waals surface area contributed by atoms with Gasteiger partial charge in [0.15, 0.2) is 0 Å². The largest absolute Gasteiger partial charge is 0.490 e. The second kappa shape index (κ2) is 8.57. The van der Waals surface area contributed by atoms with Gasteiger partial charge in [0.05, 0.1) is 17.3 Å². The van der Waals surface area contributed by atoms with Crippen LogP contribution >= 0.6 is 0 Å². The van der Waals surface area contributed by atoms with Crippen LogP contribution in [0, 0.1) is 5.41 Å². The molecule has 6 nitrogen and oxygen atoms in total. The highest BCUT2D eigenvalue weighted by Gasteiger charge is 2.45. The van der Waals surface area contributed by atoms with Crippen molar-refractivity contribution in [3.05, 3.63) is 24.3 Å². The molecule has 0 spiro atoms. The second-order valence-corrected chi connectivity index (χ2v) is 11.0. The van der Waals surface area contributed by atoms with Crippen LogP contribution in [0.1, 0.15) is 71.1 Å². The van der Waals surface area contributed by atoms with Gasteiger partial charge in [0.1, 0.15) is 18.0 Å². The number of ether oxygens (including phenoxy) is 1. The molecule has 1 amide bonds. The van der Waals surface area contributed by atoms with Crippen LogP contribution in [-0.4, -0.2) is 59.1 Å². The van der Waals surface area contributed by atoms with E-state index in [-0.39, 0.29) is 24.0 Å². The smallest absolute Gasteiger partial charge is 0.228 e. The van der Waals surface area contributed by atoms with Crippen molar-refractivity contribution in [2.24, 2.45) is 10.5 Å². The molecule has 1 N–H and O–H groups in total. The van der Waals surface area contributed by atoms with E-state index in [1.54, 1.807) is 0 Å². The van der Waals surface area contributed by atoms with Crippen LogP contribution in [0.5, 0.6) is 5.75 Å². The highest BCUT2D eigenvalue weighted by Crippen LogP contribution is 2.43. The maximum absolute atomic E-state index is 14.2. The Hall–Kier alpha value is -2.15. The molecule has 1 aromatic carbocycles. The van der Waals surface area contributed by atoms with Gasteiger partial charge in [-0.15, -0.1) is 0 Å². The van der Waals surface area contributed by atoms with Crippen LogP contribution in [0.4, 0.5) is 10.1 Å². The Kier molecular flexibility index (Phi) is 5.88. The number of piperidine rings is 1. The third-order valence-corrected chi connectivity index (χ3v) is 8.35. The van der Waals surface area contributed by atoms with Crippen LogP contribution in [0.2, 0.25) is 0 Å². The summed E-state index contributed by atoms with van der Waals surface area (Å²) in [5.41, 5.74) is -1.18. The molecule has 180 valence electrons. The maximum atomic E-state index is 14.2. The molecule has 0 bridgehead atoms. The van der Waals surface area contributed by atoms with E-state index in [9.17, 15) is 14.3 Å². The lowest BCUT2D eigenvalue weighted by Gasteiger charge is -2.45. The van der Waals surface area contributed by atoms with Crippen LogP contribution in [0.15, 0.2) is 29.4 Å². The lowest BCUT2D eigenvalue weighted by molar-refractivity contribution is -0.150. The lowest BCUT2D eigenvalue weighted by atomic mass is 9.69. The van der Waals surface area contributed by atoms with Crippen LogP contribution in [0.25, 0.3) is 0 Å². The third kappa shape index (κ3) is 4.61. The molecule has 1 unspecified atom stereocenters. The van der Waals surface area contributed by atoms with Crippen LogP contribution in [-0.2, 0) is 4.79 Å². The Morgan fingerprint density at radius 2 is 1.79 bits per heavy atom. The molecule has 4 aliphatic rings. The number of amides is 1. The number of aliphatic hydroxyl groups is 1. The van der Waals surface area contributed by atoms with E-state index < -0.39 is 11.3 Å². The molecule has 2 aliphatic heterocycles. The fourth-order valence-electron chi connectivity index (χ4n) is 5.58. The second-order valence-electron chi connectivity index (χ2n) is 11.0. The molecule has 2 aliphatic carbocycles. The first-order chi connectivity index (χ1) is 15.8. The lowest BCUT2D eigenvalue weighted by Crippen LogP contribution is -2.53. The first kappa shape index (κ1) is 22.6. The number of nitrogens with zero attached hydrogens (tertiary/aromatic N) is 3. The van der Waals surface area contributed by atoms with Gasteiger partial charge in [-0.05, 0) is 75.6 Å². The molecule has 3 fully saturated rings. The highest BCUT2D eigenvalue weighted by molar-refractivity contribution is 5.83. The van der Waals surface area contributed by atoms with Crippen LogP contribution in [0.3, 0.4) is 0 Å². The van der Waals surface area contributed by atoms with Crippen molar-refractivity contribution in [3.63, 3.8) is 0 Å². The number of carbonyl (C=O) groups excluding carboxylic acids is 1. The van der Waals surface area contributed by atoms with Crippen molar-refractivity contribution < 1.29 is 19.0 Å². The molecule has 1 aromatic rings. The van der Waals surface area contributed by atoms with Crippen molar-refractivity contribution in [2.75, 3.05) is 24.7 Å². The number of halogens is 1. The van der Waals surface area contributed by atoms with E-state index in [4.69, 9.17) is 4.74 Å². The minimum absolute atomic E-state index is 0.0808. The van der Waals surface area contributed by atoms with Crippen molar-refractivity contribution in [3.8, 4) is 5.75 Å². The molecule has 1 atom stereocenters. The summed E-state index contributed by atoms with van der Waals surface area (Å²) >= 11 is 0. The highest BCUT2D eigenvalue weighted by atomic mass is 19.1. The number of benzene rings is 1. The predicted octanol–water partition coefficient (Wildman–Crippen LogP) is 4.46. The summed E-state index contributed by atoms with van der Waals surface area (Å²) in [5.74, 6) is 0.929. The molecule has 0 aromatic heterocycles. The number of anilines is 1. The van der Waals surface area contributed by atoms with Crippen molar-refractivity contribution in [1.82, 2.24) is 4.90 Å². The van der Waals surface area contributed by atoms with Gasteiger partial charge in [-0.1, -0.05) is 13.3 Å². The van der Waals surface area contributed by atoms with E-state index >= 15 is 0 Å². The molecular weight excluding hydrogens is 421 g/mol. The van der Waals surface area contributed by atoms with Crippen molar-refractivity contribution in [1.29, 1.82) is 0 Å². The number of carbonyl (C=O) groups is 1. The van der Waals surface area contributed by atoms with Crippen molar-refractivity contribution >= 4 is 17.8 Å². The predicted molar refractivity (Wildman–Crippen MR) is 126 cm³/mol. The van der Waals surface area contributed by atoms with E-state index in [2.05, 4.69) is 12.0 Å². The number of likely N-dealkylation sites (tertiary alicyclic amines) is 1. The zero-order valence-electron chi connectivity index (χ0n) is 19.6. The van der Waals surface area contributed by atoms with Gasteiger partial charge in [-0.3, -0.25) is 9.80 Å². The third-order valence-electron chi connectivity index (χ3n) is 8.35. The van der Waals surface area contributed by atoms with Gasteiger partial charge < -0.3 is 14.7 Å². The van der Waals surface area contributed by atoms with Gasteiger partial charge in [-0.2, -0.15) is 5.10 Å². The molecule has 0 radical (unpaired) electrons.